The Labute approximate surface area is 118 Å². The first-order chi connectivity index (χ1) is 9.83. The molecule has 2 aromatic rings. The van der Waals surface area contributed by atoms with Gasteiger partial charge in [0.1, 0.15) is 12.1 Å². The second-order valence-corrected chi connectivity index (χ2v) is 5.20. The Morgan fingerprint density at radius 2 is 2.10 bits per heavy atom. The summed E-state index contributed by atoms with van der Waals surface area (Å²) in [4.78, 5) is 8.52. The van der Waals surface area contributed by atoms with Gasteiger partial charge in [-0.1, -0.05) is 12.8 Å². The van der Waals surface area contributed by atoms with Gasteiger partial charge >= 0.3 is 0 Å². The molecule has 0 amide bonds. The quantitative estimate of drug-likeness (QED) is 0.646. The average Bonchev–Trinajstić information content (AvgIpc) is 2.97. The van der Waals surface area contributed by atoms with E-state index in [0.717, 1.165) is 29.0 Å². The Morgan fingerprint density at radius 1 is 1.25 bits per heavy atom. The molecule has 5 heteroatoms. The number of aromatic nitrogens is 2. The van der Waals surface area contributed by atoms with E-state index in [4.69, 9.17) is 10.5 Å². The molecular weight excluding hydrogens is 252 g/mol. The van der Waals surface area contributed by atoms with Crippen molar-refractivity contribution in [2.45, 2.75) is 31.8 Å². The minimum Gasteiger partial charge on any atom is -0.399 e. The van der Waals surface area contributed by atoms with E-state index < -0.39 is 0 Å². The highest BCUT2D eigenvalue weighted by atomic mass is 16.5. The zero-order valence-electron chi connectivity index (χ0n) is 11.5. The number of anilines is 2. The van der Waals surface area contributed by atoms with Gasteiger partial charge in [-0.05, 0) is 31.0 Å². The van der Waals surface area contributed by atoms with E-state index in [-0.39, 0.29) is 0 Å². The molecule has 1 aliphatic rings. The maximum Gasteiger partial charge on any atom is 0.137 e. The summed E-state index contributed by atoms with van der Waals surface area (Å²) in [5.74, 6) is 0.817. The maximum atomic E-state index is 5.83. The molecule has 0 aliphatic heterocycles. The van der Waals surface area contributed by atoms with Gasteiger partial charge in [0.2, 0.25) is 0 Å². The van der Waals surface area contributed by atoms with Crippen LogP contribution in [0.1, 0.15) is 25.7 Å². The normalized spacial score (nSPS) is 15.8. The molecule has 1 saturated carbocycles. The summed E-state index contributed by atoms with van der Waals surface area (Å²) < 4.78 is 5.83. The van der Waals surface area contributed by atoms with Gasteiger partial charge in [0.15, 0.2) is 0 Å². The van der Waals surface area contributed by atoms with Gasteiger partial charge in [0.25, 0.3) is 0 Å². The van der Waals surface area contributed by atoms with Crippen LogP contribution in [0.15, 0.2) is 24.5 Å². The second-order valence-electron chi connectivity index (χ2n) is 5.20. The number of hydrogen-bond donors (Lipinski definition) is 2. The highest BCUT2D eigenvalue weighted by Gasteiger charge is 2.14. The van der Waals surface area contributed by atoms with Crippen LogP contribution in [0, 0.1) is 0 Å². The number of nitrogens with one attached hydrogen (secondary N) is 1. The maximum absolute atomic E-state index is 5.83. The third-order valence-corrected chi connectivity index (χ3v) is 3.71. The lowest BCUT2D eigenvalue weighted by Crippen LogP contribution is -2.16. The van der Waals surface area contributed by atoms with Crippen molar-refractivity contribution in [3.63, 3.8) is 0 Å². The summed E-state index contributed by atoms with van der Waals surface area (Å²) in [6.45, 7) is 1.45. The standard InChI is InChI=1S/C15H20N4O/c16-11-5-6-14-13(9-11)15(19-10-18-14)17-7-8-20-12-3-1-2-4-12/h5-6,9-10,12H,1-4,7-8,16H2,(H,17,18,19). The van der Waals surface area contributed by atoms with Crippen molar-refractivity contribution in [2.75, 3.05) is 24.2 Å². The highest BCUT2D eigenvalue weighted by Crippen LogP contribution is 2.22. The molecule has 0 saturated heterocycles. The van der Waals surface area contributed by atoms with E-state index in [1.54, 1.807) is 6.33 Å². The highest BCUT2D eigenvalue weighted by molar-refractivity contribution is 5.91. The monoisotopic (exact) mass is 272 g/mol. The van der Waals surface area contributed by atoms with Gasteiger partial charge < -0.3 is 15.8 Å². The molecule has 1 aromatic carbocycles. The van der Waals surface area contributed by atoms with Crippen LogP contribution in [0.25, 0.3) is 10.9 Å². The smallest absolute Gasteiger partial charge is 0.137 e. The topological polar surface area (TPSA) is 73.1 Å². The van der Waals surface area contributed by atoms with Crippen LogP contribution in [0.5, 0.6) is 0 Å². The van der Waals surface area contributed by atoms with Crippen molar-refractivity contribution >= 4 is 22.4 Å². The summed E-state index contributed by atoms with van der Waals surface area (Å²) >= 11 is 0. The summed E-state index contributed by atoms with van der Waals surface area (Å²) in [5, 5.41) is 4.26. The van der Waals surface area contributed by atoms with Crippen molar-refractivity contribution in [2.24, 2.45) is 0 Å². The molecule has 0 atom stereocenters. The lowest BCUT2D eigenvalue weighted by atomic mass is 10.2. The first kappa shape index (κ1) is 13.1. The molecule has 0 unspecified atom stereocenters. The van der Waals surface area contributed by atoms with Crippen molar-refractivity contribution in [1.82, 2.24) is 9.97 Å². The van der Waals surface area contributed by atoms with Gasteiger partial charge in [0.05, 0.1) is 18.2 Å². The zero-order chi connectivity index (χ0) is 13.8. The minimum atomic E-state index is 0.453. The number of benzene rings is 1. The van der Waals surface area contributed by atoms with Crippen LogP contribution in [-0.2, 0) is 4.74 Å². The Balaban J connectivity index is 1.60. The zero-order valence-corrected chi connectivity index (χ0v) is 11.5. The van der Waals surface area contributed by atoms with Crippen LogP contribution in [0.2, 0.25) is 0 Å². The van der Waals surface area contributed by atoms with E-state index in [0.29, 0.717) is 12.7 Å². The fourth-order valence-electron chi connectivity index (χ4n) is 2.67. The Bertz CT molecular complexity index is 581. The number of nitrogens with two attached hydrogens (primary N) is 1. The molecule has 1 fully saturated rings. The number of ether oxygens (including phenoxy) is 1. The van der Waals surface area contributed by atoms with Crippen LogP contribution >= 0.6 is 0 Å². The summed E-state index contributed by atoms with van der Waals surface area (Å²) in [6.07, 6.45) is 7.02. The SMILES string of the molecule is Nc1ccc2ncnc(NCCOC3CCCC3)c2c1. The third-order valence-electron chi connectivity index (χ3n) is 3.71. The minimum absolute atomic E-state index is 0.453. The molecule has 106 valence electrons. The van der Waals surface area contributed by atoms with Crippen molar-refractivity contribution in [1.29, 1.82) is 0 Å². The van der Waals surface area contributed by atoms with E-state index in [2.05, 4.69) is 15.3 Å². The summed E-state index contributed by atoms with van der Waals surface area (Å²) in [5.41, 5.74) is 7.44. The third kappa shape index (κ3) is 2.99. The molecule has 1 aromatic heterocycles. The molecule has 20 heavy (non-hydrogen) atoms. The Hall–Kier alpha value is -1.88. The molecular formula is C15H20N4O. The van der Waals surface area contributed by atoms with Crippen LogP contribution in [-0.4, -0.2) is 29.2 Å². The summed E-state index contributed by atoms with van der Waals surface area (Å²) in [7, 11) is 0. The first-order valence-corrected chi connectivity index (χ1v) is 7.18. The lowest BCUT2D eigenvalue weighted by Gasteiger charge is -2.12. The summed E-state index contributed by atoms with van der Waals surface area (Å²) in [6, 6.07) is 5.66. The number of nitrogens with zero attached hydrogens (tertiary/aromatic N) is 2. The molecule has 1 heterocycles. The van der Waals surface area contributed by atoms with E-state index in [1.807, 2.05) is 18.2 Å². The number of fused-ring (bicyclic) bond motifs is 1. The van der Waals surface area contributed by atoms with E-state index >= 15 is 0 Å². The molecule has 1 aliphatic carbocycles. The van der Waals surface area contributed by atoms with Crippen molar-refractivity contribution < 1.29 is 4.74 Å². The van der Waals surface area contributed by atoms with Crippen LogP contribution in [0.4, 0.5) is 11.5 Å². The van der Waals surface area contributed by atoms with Gasteiger partial charge in [0, 0.05) is 17.6 Å². The molecule has 3 N–H and O–H groups in total. The Kier molecular flexibility index (Phi) is 3.97. The van der Waals surface area contributed by atoms with Gasteiger partial charge in [-0.15, -0.1) is 0 Å². The molecule has 5 nitrogen and oxygen atoms in total. The Morgan fingerprint density at radius 3 is 2.95 bits per heavy atom. The van der Waals surface area contributed by atoms with Gasteiger partial charge in [-0.3, -0.25) is 0 Å². The molecule has 0 bridgehead atoms. The number of nitrogen functional groups attached to an aromatic ring is 1. The predicted molar refractivity (Wildman–Crippen MR) is 80.6 cm³/mol. The lowest BCUT2D eigenvalue weighted by molar-refractivity contribution is 0.0659. The number of hydrogen-bond acceptors (Lipinski definition) is 5. The molecule has 0 radical (unpaired) electrons. The second kappa shape index (κ2) is 6.05. The van der Waals surface area contributed by atoms with Crippen LogP contribution < -0.4 is 11.1 Å². The van der Waals surface area contributed by atoms with Crippen molar-refractivity contribution in [3.8, 4) is 0 Å². The van der Waals surface area contributed by atoms with E-state index in [1.165, 1.54) is 25.7 Å². The fraction of sp³-hybridized carbons (Fsp3) is 0.467. The fourth-order valence-corrected chi connectivity index (χ4v) is 2.67. The average molecular weight is 272 g/mol. The van der Waals surface area contributed by atoms with Crippen LogP contribution in [0.3, 0.4) is 0 Å². The molecule has 3 rings (SSSR count). The van der Waals surface area contributed by atoms with Crippen molar-refractivity contribution in [3.05, 3.63) is 24.5 Å². The largest absolute Gasteiger partial charge is 0.399 e. The van der Waals surface area contributed by atoms with E-state index in [9.17, 15) is 0 Å². The molecule has 0 spiro atoms. The predicted octanol–water partition coefficient (Wildman–Crippen LogP) is 2.58. The number of rotatable bonds is 5. The van der Waals surface area contributed by atoms with Gasteiger partial charge in [-0.2, -0.15) is 0 Å². The van der Waals surface area contributed by atoms with Gasteiger partial charge in [-0.25, -0.2) is 9.97 Å². The first-order valence-electron chi connectivity index (χ1n) is 7.18.